The van der Waals surface area contributed by atoms with Crippen LogP contribution in [0.5, 0.6) is 5.75 Å². The van der Waals surface area contributed by atoms with E-state index in [9.17, 15) is 13.5 Å². The van der Waals surface area contributed by atoms with E-state index in [0.29, 0.717) is 36.2 Å². The average Bonchev–Trinajstić information content (AvgIpc) is 3.13. The van der Waals surface area contributed by atoms with Crippen LogP contribution in [0.15, 0.2) is 47.4 Å². The highest BCUT2D eigenvalue weighted by Crippen LogP contribution is 2.50. The molecule has 3 saturated heterocycles. The minimum absolute atomic E-state index is 0.00620. The summed E-state index contributed by atoms with van der Waals surface area (Å²) in [7, 11) is -3.59. The molecular weight excluding hydrogens is 661 g/mol. The molecule has 2 aromatic rings. The average molecular weight is 721 g/mol. The van der Waals surface area contributed by atoms with Crippen molar-refractivity contribution < 1.29 is 35.7 Å². The van der Waals surface area contributed by atoms with Crippen molar-refractivity contribution in [3.8, 4) is 5.75 Å². The van der Waals surface area contributed by atoms with Crippen molar-refractivity contribution in [3.63, 3.8) is 0 Å². The Hall–Kier alpha value is -2.18. The van der Waals surface area contributed by atoms with Gasteiger partial charge in [0, 0.05) is 37.4 Å². The van der Waals surface area contributed by atoms with Crippen molar-refractivity contribution in [2.45, 2.75) is 101 Å². The molecule has 11 heteroatoms. The van der Waals surface area contributed by atoms with Gasteiger partial charge in [0.25, 0.3) is 0 Å². The van der Waals surface area contributed by atoms with E-state index in [1.165, 1.54) is 56.3 Å². The van der Waals surface area contributed by atoms with E-state index < -0.39 is 37.4 Å². The number of fused-ring (bicyclic) bond motifs is 4. The van der Waals surface area contributed by atoms with Crippen LogP contribution >= 0.6 is 0 Å². The molecule has 2 bridgehead atoms. The lowest BCUT2D eigenvalue weighted by Crippen LogP contribution is -2.58. The number of hydrogen-bond acceptors (Lipinski definition) is 8. The van der Waals surface area contributed by atoms with Gasteiger partial charge in [-0.25, -0.2) is 16.8 Å². The fraction of sp³-hybridized carbons (Fsp3) is 0.684. The third-order valence-corrected chi connectivity index (χ3v) is 13.2. The zero-order valence-corrected chi connectivity index (χ0v) is 32.0. The fourth-order valence-corrected chi connectivity index (χ4v) is 10.6. The molecule has 0 unspecified atom stereocenters. The third-order valence-electron chi connectivity index (χ3n) is 11.2. The normalized spacial score (nSPS) is 25.4. The number of sulfone groups is 1. The summed E-state index contributed by atoms with van der Waals surface area (Å²) in [5.74, 6) is 1.39. The van der Waals surface area contributed by atoms with Crippen molar-refractivity contribution in [1.82, 2.24) is 0 Å². The van der Waals surface area contributed by atoms with Crippen molar-refractivity contribution in [1.29, 1.82) is 0 Å². The van der Waals surface area contributed by atoms with E-state index >= 15 is 0 Å². The summed E-state index contributed by atoms with van der Waals surface area (Å²) in [6.07, 6.45) is 11.5. The Labute approximate surface area is 296 Å². The van der Waals surface area contributed by atoms with Gasteiger partial charge in [-0.3, -0.25) is 0 Å². The summed E-state index contributed by atoms with van der Waals surface area (Å²) in [6, 6.07) is 13.8. The van der Waals surface area contributed by atoms with Crippen LogP contribution in [0.4, 0.5) is 5.69 Å². The van der Waals surface area contributed by atoms with Crippen LogP contribution < -0.4 is 9.64 Å². The summed E-state index contributed by atoms with van der Waals surface area (Å²) in [6.45, 7) is 10.4. The van der Waals surface area contributed by atoms with Crippen LogP contribution in [-0.2, 0) is 20.0 Å². The van der Waals surface area contributed by atoms with Crippen LogP contribution in [0.1, 0.15) is 102 Å². The van der Waals surface area contributed by atoms with E-state index in [4.69, 9.17) is 17.7 Å². The highest BCUT2D eigenvalue weighted by molar-refractivity contribution is 7.91. The maximum absolute atomic E-state index is 14.1. The van der Waals surface area contributed by atoms with Gasteiger partial charge >= 0.3 is 0 Å². The van der Waals surface area contributed by atoms with Gasteiger partial charge in [0.05, 0.1) is 59.7 Å². The number of rotatable bonds is 14. The maximum atomic E-state index is 14.1. The first-order valence-corrected chi connectivity index (χ1v) is 21.8. The molecule has 0 spiro atoms. The highest BCUT2D eigenvalue weighted by Gasteiger charge is 2.49. The van der Waals surface area contributed by atoms with Crippen LogP contribution in [0.2, 0.25) is 0 Å². The van der Waals surface area contributed by atoms with Gasteiger partial charge in [0.15, 0.2) is 9.84 Å². The minimum Gasteiger partial charge on any atom is -0.748 e. The maximum Gasteiger partial charge on any atom is 0.179 e. The molecule has 0 amide bonds. The Morgan fingerprint density at radius 3 is 2.04 bits per heavy atom. The lowest BCUT2D eigenvalue weighted by atomic mass is 9.68. The molecule has 4 heterocycles. The number of quaternary nitrogens is 1. The number of nitrogens with zero attached hydrogens (tertiary/aromatic N) is 2. The minimum atomic E-state index is -3.92. The molecule has 1 N–H and O–H groups in total. The molecule has 4 aliphatic heterocycles. The van der Waals surface area contributed by atoms with E-state index in [1.54, 1.807) is 6.07 Å². The third kappa shape index (κ3) is 10.4. The van der Waals surface area contributed by atoms with Crippen molar-refractivity contribution in [2.24, 2.45) is 11.3 Å². The van der Waals surface area contributed by atoms with Crippen molar-refractivity contribution in [2.75, 3.05) is 63.8 Å². The SMILES string of the molecule is CCCCC1(CCCC)CS(=O)(=O)c2ccc(N(C)C)cc2[C@@H](c2ccc(OCCCC[N+]34CCC(CC3)CC4)cc2)[C@H]1O.CS(=O)(=O)[O-]. The van der Waals surface area contributed by atoms with Gasteiger partial charge in [0.1, 0.15) is 5.75 Å². The second kappa shape index (κ2) is 16.9. The number of piperidine rings is 3. The first-order valence-electron chi connectivity index (χ1n) is 18.3. The molecule has 2 atom stereocenters. The molecule has 0 radical (unpaired) electrons. The zero-order valence-electron chi connectivity index (χ0n) is 30.4. The van der Waals surface area contributed by atoms with Gasteiger partial charge in [-0.2, -0.15) is 0 Å². The molecule has 0 saturated carbocycles. The molecule has 2 aromatic carbocycles. The van der Waals surface area contributed by atoms with Gasteiger partial charge in [0.2, 0.25) is 0 Å². The lowest BCUT2D eigenvalue weighted by Gasteiger charge is -2.49. The molecular formula is C38H60N2O7S2. The predicted molar refractivity (Wildman–Crippen MR) is 196 cm³/mol. The second-order valence-corrected chi connectivity index (χ2v) is 18.5. The molecule has 0 aromatic heterocycles. The van der Waals surface area contributed by atoms with E-state index in [1.807, 2.05) is 55.4 Å². The topological polar surface area (TPSA) is 124 Å². The summed E-state index contributed by atoms with van der Waals surface area (Å²) in [5.41, 5.74) is 1.89. The largest absolute Gasteiger partial charge is 0.748 e. The molecule has 3 fully saturated rings. The molecule has 9 nitrogen and oxygen atoms in total. The monoisotopic (exact) mass is 720 g/mol. The number of ether oxygens (including phenoxy) is 1. The van der Waals surface area contributed by atoms with Crippen molar-refractivity contribution >= 4 is 25.6 Å². The molecule has 0 aliphatic carbocycles. The second-order valence-electron chi connectivity index (χ2n) is 15.2. The zero-order chi connectivity index (χ0) is 35.9. The van der Waals surface area contributed by atoms with Gasteiger partial charge < -0.3 is 23.8 Å². The van der Waals surface area contributed by atoms with Gasteiger partial charge in [-0.05, 0) is 92.3 Å². The van der Waals surface area contributed by atoms with Gasteiger partial charge in [-0.15, -0.1) is 0 Å². The standard InChI is InChI=1S/C37H57N2O4S.CH4O3S/c1-5-7-20-37(21-8-6-2)28-44(41,42)34-16-13-31(38(3)4)27-33(34)35(36(37)40)30-11-14-32(15-12-30)43-26-10-9-22-39-23-17-29(18-24-39)19-25-39;1-5(2,3)4/h11-16,27,29,35-36,40H,5-10,17-26,28H2,1-4H3;1H3,(H,2,3,4)/q+1;/p-1/t29?,35-,36-,39?;/m1./s1. The first-order chi connectivity index (χ1) is 23.1. The smallest absolute Gasteiger partial charge is 0.179 e. The first kappa shape index (κ1) is 39.6. The fourth-order valence-electron chi connectivity index (χ4n) is 8.37. The van der Waals surface area contributed by atoms with Crippen molar-refractivity contribution in [3.05, 3.63) is 53.6 Å². The Bertz CT molecular complexity index is 1540. The Morgan fingerprint density at radius 1 is 0.939 bits per heavy atom. The lowest BCUT2D eigenvalue weighted by molar-refractivity contribution is -0.942. The number of anilines is 1. The Kier molecular flexibility index (Phi) is 13.7. The number of aliphatic hydroxyl groups is 1. The van der Waals surface area contributed by atoms with Crippen LogP contribution in [0.25, 0.3) is 0 Å². The van der Waals surface area contributed by atoms with Crippen LogP contribution in [-0.4, -0.2) is 96.0 Å². The van der Waals surface area contributed by atoms with Gasteiger partial charge in [-0.1, -0.05) is 51.7 Å². The molecule has 49 heavy (non-hydrogen) atoms. The summed E-state index contributed by atoms with van der Waals surface area (Å²) in [5, 5.41) is 12.4. The molecule has 4 aliphatic rings. The summed E-state index contributed by atoms with van der Waals surface area (Å²) < 4.78 is 62.9. The Morgan fingerprint density at radius 2 is 1.51 bits per heavy atom. The van der Waals surface area contributed by atoms with E-state index in [0.717, 1.165) is 55.0 Å². The molecule has 276 valence electrons. The number of aliphatic hydroxyl groups excluding tert-OH is 1. The highest BCUT2D eigenvalue weighted by atomic mass is 32.2. The van der Waals surface area contributed by atoms with E-state index in [-0.39, 0.29) is 5.75 Å². The number of unbranched alkanes of at least 4 members (excludes halogenated alkanes) is 3. The van der Waals surface area contributed by atoms with E-state index in [2.05, 4.69) is 13.8 Å². The summed E-state index contributed by atoms with van der Waals surface area (Å²) >= 11 is 0. The number of benzene rings is 2. The quantitative estimate of drug-likeness (QED) is 0.136. The predicted octanol–water partition coefficient (Wildman–Crippen LogP) is 6.35. The summed E-state index contributed by atoms with van der Waals surface area (Å²) in [4.78, 5) is 2.36. The van der Waals surface area contributed by atoms with Crippen LogP contribution in [0, 0.1) is 11.3 Å². The molecule has 6 rings (SSSR count). The van der Waals surface area contributed by atoms with Crippen LogP contribution in [0.3, 0.4) is 0 Å². The Balaban J connectivity index is 0.00000101. The number of hydrogen-bond donors (Lipinski definition) is 1.